The standard InChI is InChI=1S/C35H40N4O7/c1-22(44-23(2)41)33(42)36-27-7-5-6-26(18-27)34-45-29(19-32(46-34)25-12-10-24(21-40)11-13-25)20-38-16-14-28(15-17-38)39-31-9-4-3-8-30(31)37-35(39)43/h3-13,18,22,28-29,32,34,40H,14-17,19-21H2,1-2H3,(H,36,42)(H,37,43)/t22-,29+,32-,34-/m0/s1. The van der Waals surface area contributed by atoms with Crippen LogP contribution in [0, 0.1) is 0 Å². The number of nitrogens with zero attached hydrogens (tertiary/aromatic N) is 2. The molecular weight excluding hydrogens is 588 g/mol. The molecule has 11 nitrogen and oxygen atoms in total. The van der Waals surface area contributed by atoms with Gasteiger partial charge in [-0.2, -0.15) is 0 Å². The van der Waals surface area contributed by atoms with Crippen molar-refractivity contribution < 1.29 is 28.9 Å². The minimum absolute atomic E-state index is 0.0324. The average Bonchev–Trinajstić information content (AvgIpc) is 3.40. The van der Waals surface area contributed by atoms with E-state index < -0.39 is 24.3 Å². The summed E-state index contributed by atoms with van der Waals surface area (Å²) in [5.74, 6) is -0.962. The Labute approximate surface area is 267 Å². The molecule has 0 radical (unpaired) electrons. The van der Waals surface area contributed by atoms with E-state index >= 15 is 0 Å². The van der Waals surface area contributed by atoms with Crippen molar-refractivity contribution in [2.75, 3.05) is 25.0 Å². The van der Waals surface area contributed by atoms with Gasteiger partial charge in [0.15, 0.2) is 12.4 Å². The van der Waals surface area contributed by atoms with Crippen LogP contribution in [0.1, 0.15) is 68.2 Å². The summed E-state index contributed by atoms with van der Waals surface area (Å²) in [5, 5.41) is 12.3. The first-order valence-electron chi connectivity index (χ1n) is 15.8. The van der Waals surface area contributed by atoms with E-state index in [2.05, 4.69) is 15.2 Å². The average molecular weight is 629 g/mol. The van der Waals surface area contributed by atoms with E-state index in [0.29, 0.717) is 18.7 Å². The zero-order valence-electron chi connectivity index (χ0n) is 26.1. The van der Waals surface area contributed by atoms with Crippen LogP contribution in [0.4, 0.5) is 5.69 Å². The van der Waals surface area contributed by atoms with Gasteiger partial charge in [0, 0.05) is 50.3 Å². The minimum atomic E-state index is -0.933. The molecule has 0 unspecified atom stereocenters. The minimum Gasteiger partial charge on any atom is -0.453 e. The second kappa shape index (κ2) is 14.0. The van der Waals surface area contributed by atoms with Crippen LogP contribution in [-0.4, -0.2) is 63.3 Å². The molecule has 1 aromatic heterocycles. The fraction of sp³-hybridized carbons (Fsp3) is 0.400. The lowest BCUT2D eigenvalue weighted by Gasteiger charge is -2.40. The number of benzene rings is 3. The van der Waals surface area contributed by atoms with Crippen LogP contribution in [0.2, 0.25) is 0 Å². The normalized spacial score (nSPS) is 21.6. The van der Waals surface area contributed by atoms with Crippen molar-refractivity contribution in [3.63, 3.8) is 0 Å². The number of fused-ring (bicyclic) bond motifs is 1. The molecule has 0 aliphatic carbocycles. The van der Waals surface area contributed by atoms with Gasteiger partial charge in [0.2, 0.25) is 0 Å². The van der Waals surface area contributed by atoms with Gasteiger partial charge >= 0.3 is 11.7 Å². The number of amides is 1. The Hall–Kier alpha value is -4.29. The molecule has 46 heavy (non-hydrogen) atoms. The maximum Gasteiger partial charge on any atom is 0.326 e. The molecule has 0 bridgehead atoms. The number of piperidine rings is 1. The van der Waals surface area contributed by atoms with Crippen LogP contribution < -0.4 is 11.0 Å². The van der Waals surface area contributed by atoms with Crippen molar-refractivity contribution in [3.05, 3.63) is 100.0 Å². The summed E-state index contributed by atoms with van der Waals surface area (Å²) in [6.45, 7) is 5.12. The molecule has 3 aromatic carbocycles. The van der Waals surface area contributed by atoms with Crippen molar-refractivity contribution in [2.45, 2.75) is 70.4 Å². The quantitative estimate of drug-likeness (QED) is 0.229. The zero-order chi connectivity index (χ0) is 32.2. The number of aromatic nitrogens is 2. The van der Waals surface area contributed by atoms with E-state index in [1.54, 1.807) is 6.07 Å². The van der Waals surface area contributed by atoms with Gasteiger partial charge in [0.25, 0.3) is 5.91 Å². The molecule has 1 amide bonds. The maximum atomic E-state index is 12.8. The Bertz CT molecular complexity index is 1720. The summed E-state index contributed by atoms with van der Waals surface area (Å²) in [4.78, 5) is 42.0. The summed E-state index contributed by atoms with van der Waals surface area (Å²) in [5.41, 5.74) is 4.84. The number of para-hydroxylation sites is 2. The Morgan fingerprint density at radius 3 is 2.52 bits per heavy atom. The number of H-pyrrole nitrogens is 1. The van der Waals surface area contributed by atoms with Crippen molar-refractivity contribution in [3.8, 4) is 0 Å². The van der Waals surface area contributed by atoms with Gasteiger partial charge in [-0.05, 0) is 55.2 Å². The molecule has 6 rings (SSSR count). The molecule has 242 valence electrons. The van der Waals surface area contributed by atoms with Gasteiger partial charge in [-0.25, -0.2) is 4.79 Å². The van der Waals surface area contributed by atoms with Crippen molar-refractivity contribution in [2.24, 2.45) is 0 Å². The second-order valence-corrected chi connectivity index (χ2v) is 12.1. The van der Waals surface area contributed by atoms with E-state index in [1.807, 2.05) is 71.3 Å². The summed E-state index contributed by atoms with van der Waals surface area (Å²) < 4.78 is 20.0. The Morgan fingerprint density at radius 1 is 1.02 bits per heavy atom. The molecule has 3 N–H and O–H groups in total. The Kier molecular flexibility index (Phi) is 9.64. The fourth-order valence-electron chi connectivity index (χ4n) is 6.43. The number of carbonyl (C=O) groups is 2. The van der Waals surface area contributed by atoms with Crippen LogP contribution in [0.5, 0.6) is 0 Å². The van der Waals surface area contributed by atoms with Crippen molar-refractivity contribution >= 4 is 28.6 Å². The number of anilines is 1. The number of esters is 1. The number of aliphatic hydroxyl groups excluding tert-OH is 1. The van der Waals surface area contributed by atoms with E-state index in [0.717, 1.165) is 53.7 Å². The predicted molar refractivity (Wildman–Crippen MR) is 172 cm³/mol. The third kappa shape index (κ3) is 7.23. The molecule has 11 heteroatoms. The SMILES string of the molecule is CC(=O)O[C@@H](C)C(=O)Nc1cccc([C@H]2O[C@@H](CN3CCC(n4c(=O)[nH]c5ccccc54)CC3)C[C@@H](c3ccc(CO)cc3)O2)c1. The lowest BCUT2D eigenvalue weighted by atomic mass is 9.98. The highest BCUT2D eigenvalue weighted by Gasteiger charge is 2.34. The van der Waals surface area contributed by atoms with E-state index in [1.165, 1.54) is 13.8 Å². The largest absolute Gasteiger partial charge is 0.453 e. The number of ether oxygens (including phenoxy) is 3. The molecule has 0 spiro atoms. The number of aromatic amines is 1. The molecule has 2 fully saturated rings. The van der Waals surface area contributed by atoms with Crippen LogP contribution in [0.15, 0.2) is 77.6 Å². The van der Waals surface area contributed by atoms with Gasteiger partial charge in [0.05, 0.1) is 29.8 Å². The summed E-state index contributed by atoms with van der Waals surface area (Å²) in [6.07, 6.45) is 0.343. The topological polar surface area (TPSA) is 135 Å². The highest BCUT2D eigenvalue weighted by Crippen LogP contribution is 2.39. The van der Waals surface area contributed by atoms with Gasteiger partial charge in [-0.3, -0.25) is 14.2 Å². The van der Waals surface area contributed by atoms with E-state index in [4.69, 9.17) is 14.2 Å². The van der Waals surface area contributed by atoms with Crippen LogP contribution >= 0.6 is 0 Å². The Morgan fingerprint density at radius 2 is 1.78 bits per heavy atom. The fourth-order valence-corrected chi connectivity index (χ4v) is 6.43. The lowest BCUT2D eigenvalue weighted by molar-refractivity contribution is -0.253. The zero-order valence-corrected chi connectivity index (χ0v) is 26.1. The number of nitrogens with one attached hydrogen (secondary N) is 2. The number of likely N-dealkylation sites (tertiary alicyclic amines) is 1. The first kappa shape index (κ1) is 31.7. The van der Waals surface area contributed by atoms with Gasteiger partial charge in [-0.1, -0.05) is 48.5 Å². The number of imidazole rings is 1. The molecule has 4 atom stereocenters. The van der Waals surface area contributed by atoms with Gasteiger partial charge in [0.1, 0.15) is 0 Å². The number of hydrogen-bond donors (Lipinski definition) is 3. The van der Waals surface area contributed by atoms with E-state index in [-0.39, 0.29) is 30.5 Å². The number of aliphatic hydroxyl groups is 1. The van der Waals surface area contributed by atoms with Crippen LogP contribution in [0.25, 0.3) is 11.0 Å². The predicted octanol–water partition coefficient (Wildman–Crippen LogP) is 4.59. The second-order valence-electron chi connectivity index (χ2n) is 12.1. The molecule has 0 saturated carbocycles. The molecule has 2 aliphatic rings. The molecular formula is C35H40N4O7. The maximum absolute atomic E-state index is 12.8. The first-order valence-corrected chi connectivity index (χ1v) is 15.8. The third-order valence-electron chi connectivity index (χ3n) is 8.76. The smallest absolute Gasteiger partial charge is 0.326 e. The molecule has 2 saturated heterocycles. The summed E-state index contributed by atoms with van der Waals surface area (Å²) >= 11 is 0. The van der Waals surface area contributed by atoms with Crippen molar-refractivity contribution in [1.29, 1.82) is 0 Å². The summed E-state index contributed by atoms with van der Waals surface area (Å²) in [7, 11) is 0. The van der Waals surface area contributed by atoms with Crippen LogP contribution in [-0.2, 0) is 30.4 Å². The van der Waals surface area contributed by atoms with Gasteiger partial charge < -0.3 is 34.5 Å². The van der Waals surface area contributed by atoms with Crippen LogP contribution in [0.3, 0.4) is 0 Å². The summed E-state index contributed by atoms with van der Waals surface area (Å²) in [6, 6.07) is 23.0. The number of rotatable bonds is 9. The highest BCUT2D eigenvalue weighted by molar-refractivity contribution is 5.95. The monoisotopic (exact) mass is 628 g/mol. The van der Waals surface area contributed by atoms with Gasteiger partial charge in [-0.15, -0.1) is 0 Å². The molecule has 4 aromatic rings. The lowest BCUT2D eigenvalue weighted by Crippen LogP contribution is -2.43. The molecule has 3 heterocycles. The number of carbonyl (C=O) groups excluding carboxylic acids is 2. The highest BCUT2D eigenvalue weighted by atomic mass is 16.7. The third-order valence-corrected chi connectivity index (χ3v) is 8.76. The van der Waals surface area contributed by atoms with Crippen molar-refractivity contribution in [1.82, 2.24) is 14.5 Å². The Balaban J connectivity index is 1.16. The van der Waals surface area contributed by atoms with E-state index in [9.17, 15) is 19.5 Å². The number of hydrogen-bond acceptors (Lipinski definition) is 8. The molecule has 2 aliphatic heterocycles. The first-order chi connectivity index (χ1) is 22.3.